The molecule has 1 fully saturated rings. The fraction of sp³-hybridized carbons (Fsp3) is 0.318. The molecule has 0 amide bonds. The van der Waals surface area contributed by atoms with Crippen molar-refractivity contribution in [1.29, 1.82) is 0 Å². The van der Waals surface area contributed by atoms with Gasteiger partial charge >= 0.3 is 0 Å². The quantitative estimate of drug-likeness (QED) is 0.131. The molecule has 8 heteroatoms. The van der Waals surface area contributed by atoms with E-state index in [4.69, 9.17) is 4.98 Å². The second kappa shape index (κ2) is 11.7. The number of hydrogen-bond donors (Lipinski definition) is 0. The number of pyridine rings is 1. The Balaban J connectivity index is 0.00000420. The van der Waals surface area contributed by atoms with Crippen molar-refractivity contribution in [3.8, 4) is 5.82 Å². The van der Waals surface area contributed by atoms with Crippen molar-refractivity contribution in [3.63, 3.8) is 0 Å². The van der Waals surface area contributed by atoms with Crippen molar-refractivity contribution >= 4 is 48.7 Å². The van der Waals surface area contributed by atoms with Crippen molar-refractivity contribution in [2.75, 3.05) is 13.7 Å². The van der Waals surface area contributed by atoms with E-state index in [-0.39, 0.29) is 47.1 Å². The van der Waals surface area contributed by atoms with Crippen LogP contribution in [0.15, 0.2) is 94.9 Å². The zero-order chi connectivity index (χ0) is 36.5. The van der Waals surface area contributed by atoms with Crippen LogP contribution in [-0.2, 0) is 47.1 Å². The number of benzene rings is 4. The molecule has 1 saturated heterocycles. The number of hydrogen-bond acceptors (Lipinski definition) is 3. The van der Waals surface area contributed by atoms with Crippen LogP contribution in [0.2, 0.25) is 0 Å². The van der Waals surface area contributed by atoms with Crippen LogP contribution in [0.3, 0.4) is 0 Å². The van der Waals surface area contributed by atoms with Gasteiger partial charge in [0, 0.05) is 50.6 Å². The number of sulfone groups is 1. The Kier molecular flexibility index (Phi) is 8.26. The Morgan fingerprint density at radius 2 is 1.37 bits per heavy atom. The molecule has 0 unspecified atom stereocenters. The zero-order valence-electron chi connectivity index (χ0n) is 31.7. The zero-order valence-corrected chi connectivity index (χ0v) is 34.8. The maximum Gasteiger partial charge on any atom is 0.179 e. The minimum absolute atomic E-state index is 0. The molecular weight excluding hydrogens is 844 g/mol. The van der Waals surface area contributed by atoms with Crippen molar-refractivity contribution in [2.24, 2.45) is 0 Å². The molecule has 52 heavy (non-hydrogen) atoms. The molecule has 2 atom stereocenters. The van der Waals surface area contributed by atoms with Gasteiger partial charge in [0.15, 0.2) is 27.9 Å². The molecule has 6 aromatic rings. The monoisotopic (exact) mass is 890 g/mol. The summed E-state index contributed by atoms with van der Waals surface area (Å²) in [7, 11) is -1.80. The minimum Gasteiger partial charge on any atom is -0.325 e. The Morgan fingerprint density at radius 3 is 2.04 bits per heavy atom. The molecule has 2 bridgehead atoms. The summed E-state index contributed by atoms with van der Waals surface area (Å²) in [4.78, 5) is 5.05. The number of nitrogens with zero attached hydrogens (tertiary/aromatic N) is 4. The van der Waals surface area contributed by atoms with Gasteiger partial charge < -0.3 is 13.5 Å². The van der Waals surface area contributed by atoms with E-state index in [1.165, 1.54) is 16.9 Å². The predicted molar refractivity (Wildman–Crippen MR) is 209 cm³/mol. The second-order valence-corrected chi connectivity index (χ2v) is 19.7. The molecule has 0 radical (unpaired) electrons. The van der Waals surface area contributed by atoms with E-state index in [9.17, 15) is 8.42 Å². The molecule has 9 rings (SSSR count). The fourth-order valence-corrected chi connectivity index (χ4v) is 9.11. The third kappa shape index (κ3) is 5.54. The summed E-state index contributed by atoms with van der Waals surface area (Å²) in [6, 6.07) is 33.5. The van der Waals surface area contributed by atoms with Crippen LogP contribution in [-0.4, -0.2) is 31.7 Å². The Labute approximate surface area is 323 Å². The summed E-state index contributed by atoms with van der Waals surface area (Å²) in [5, 5.41) is 1.95. The molecule has 0 N–H and O–H groups in total. The first-order valence-electron chi connectivity index (χ1n) is 17.7. The van der Waals surface area contributed by atoms with E-state index in [2.05, 4.69) is 131 Å². The summed E-state index contributed by atoms with van der Waals surface area (Å²) in [5.74, 6) is 0.732. The molecule has 0 saturated carbocycles. The Hall–Kier alpha value is -3.61. The third-order valence-electron chi connectivity index (χ3n) is 10.9. The topological polar surface area (TPSA) is 52.0 Å². The van der Waals surface area contributed by atoms with E-state index in [1.807, 2.05) is 41.1 Å². The van der Waals surface area contributed by atoms with Gasteiger partial charge in [-0.3, -0.25) is 0 Å². The average molecular weight is 891 g/mol. The summed E-state index contributed by atoms with van der Waals surface area (Å²) in [6.45, 7) is 22.7. The molecule has 6 nitrogen and oxygen atoms in total. The standard InChI is InChI=1S/C44H47N4O2S.Pt/c1-42(2,3)29-15-18-39-40(23-29)47(10)27-48(39,28-47)32-21-31(44(7,8)9)22-34(25-32)51(49,50)33-16-17-36-35-13-11-12-14-37(35)46(38(36)26-33)41-24-30(19-20-45-41)43(4,5)6;/h11-24,27H,28H2,1-10H3;/q-1;/t47-,48+;/m0./s1. The van der Waals surface area contributed by atoms with Gasteiger partial charge in [-0.05, 0) is 60.7 Å². The van der Waals surface area contributed by atoms with Crippen LogP contribution in [0, 0.1) is 18.8 Å². The molecule has 272 valence electrons. The Bertz CT molecular complexity index is 2520. The van der Waals surface area contributed by atoms with E-state index in [1.54, 1.807) is 6.07 Å². The summed E-state index contributed by atoms with van der Waals surface area (Å²) in [6.07, 6.45) is 1.83. The first kappa shape index (κ1) is 36.7. The normalized spacial score (nSPS) is 20.1. The SMILES string of the molecule is CC(C)(C)c1cc([N@@+]23[CH-][N@@+](C)(C2)c2cc(C(C)(C)C)ccc23)[c-]c(S(=O)(=O)c2[c-]c3c(cc2)c2ccccc2n3-c2cc(C(C)(C)C)ccn2)c1.[Pt]. The summed E-state index contributed by atoms with van der Waals surface area (Å²) >= 11 is 0. The third-order valence-corrected chi connectivity index (χ3v) is 12.5. The van der Waals surface area contributed by atoms with Crippen LogP contribution in [0.25, 0.3) is 27.6 Å². The van der Waals surface area contributed by atoms with Crippen molar-refractivity contribution in [2.45, 2.75) is 88.3 Å². The maximum atomic E-state index is 14.8. The fourth-order valence-electron chi connectivity index (χ4n) is 7.87. The van der Waals surface area contributed by atoms with Crippen LogP contribution >= 0.6 is 0 Å². The van der Waals surface area contributed by atoms with Crippen molar-refractivity contribution in [1.82, 2.24) is 18.5 Å². The molecule has 2 aromatic heterocycles. The van der Waals surface area contributed by atoms with Gasteiger partial charge in [-0.2, -0.15) is 12.1 Å². The van der Waals surface area contributed by atoms with E-state index >= 15 is 0 Å². The summed E-state index contributed by atoms with van der Waals surface area (Å²) in [5.41, 5.74) is 7.95. The van der Waals surface area contributed by atoms with Gasteiger partial charge in [0.2, 0.25) is 0 Å². The number of aromatic nitrogens is 2. The second-order valence-electron chi connectivity index (χ2n) is 17.8. The van der Waals surface area contributed by atoms with E-state index in [0.717, 1.165) is 45.6 Å². The molecule has 0 spiro atoms. The van der Waals surface area contributed by atoms with Crippen LogP contribution in [0.1, 0.15) is 79.0 Å². The van der Waals surface area contributed by atoms with Gasteiger partial charge in [-0.15, -0.1) is 35.2 Å². The van der Waals surface area contributed by atoms with E-state index < -0.39 is 9.84 Å². The first-order chi connectivity index (χ1) is 23.7. The Morgan fingerprint density at radius 1 is 0.712 bits per heavy atom. The van der Waals surface area contributed by atoms with Gasteiger partial charge in [-0.25, -0.2) is 13.4 Å². The average Bonchev–Trinajstić information content (AvgIpc) is 3.62. The maximum absolute atomic E-state index is 14.8. The number of para-hydroxylation sites is 1. The molecule has 5 heterocycles. The number of fused-ring (bicyclic) bond motifs is 3. The first-order valence-corrected chi connectivity index (χ1v) is 19.2. The predicted octanol–water partition coefficient (Wildman–Crippen LogP) is 10.2. The van der Waals surface area contributed by atoms with Crippen LogP contribution in [0.4, 0.5) is 17.1 Å². The molecule has 3 aliphatic heterocycles. The minimum atomic E-state index is -4.04. The van der Waals surface area contributed by atoms with Gasteiger partial charge in [0.25, 0.3) is 0 Å². The van der Waals surface area contributed by atoms with Crippen molar-refractivity contribution in [3.05, 3.63) is 121 Å². The molecule has 3 aliphatic rings. The van der Waals surface area contributed by atoms with Crippen LogP contribution < -0.4 is 8.97 Å². The van der Waals surface area contributed by atoms with Gasteiger partial charge in [0.1, 0.15) is 5.82 Å². The van der Waals surface area contributed by atoms with Crippen molar-refractivity contribution < 1.29 is 29.5 Å². The number of rotatable bonds is 4. The molecule has 4 aromatic carbocycles. The molecule has 0 aliphatic carbocycles. The smallest absolute Gasteiger partial charge is 0.179 e. The van der Waals surface area contributed by atoms with Crippen LogP contribution in [0.5, 0.6) is 0 Å². The van der Waals surface area contributed by atoms with E-state index in [0.29, 0.717) is 14.5 Å². The van der Waals surface area contributed by atoms with Gasteiger partial charge in [-0.1, -0.05) is 92.1 Å². The number of quaternary nitrogens is 2. The van der Waals surface area contributed by atoms with Gasteiger partial charge in [0.05, 0.1) is 13.7 Å². The molecular formula is C44H47N4O2PtS-. The largest absolute Gasteiger partial charge is 0.325 e. The summed E-state index contributed by atoms with van der Waals surface area (Å²) < 4.78 is 32.9.